The molecular formula is C16H18F2N4O. The highest BCUT2D eigenvalue weighted by atomic mass is 19.3. The van der Waals surface area contributed by atoms with E-state index in [1.807, 2.05) is 17.0 Å². The van der Waals surface area contributed by atoms with Crippen LogP contribution in [-0.2, 0) is 4.79 Å². The van der Waals surface area contributed by atoms with Crippen LogP contribution < -0.4 is 4.90 Å². The fourth-order valence-corrected chi connectivity index (χ4v) is 3.14. The standard InChI is InChI=1S/C16H18F2N4O/c17-16(18)5-8-21(9-6-16)15(23)12-4-7-22(11-12)14-3-1-2-13(10-19)20-14/h1-3,12H,4-9,11H2. The van der Waals surface area contributed by atoms with Crippen LogP contribution in [0.25, 0.3) is 0 Å². The van der Waals surface area contributed by atoms with Gasteiger partial charge in [0.25, 0.3) is 5.92 Å². The van der Waals surface area contributed by atoms with Gasteiger partial charge in [-0.05, 0) is 18.6 Å². The molecular weight excluding hydrogens is 302 g/mol. The van der Waals surface area contributed by atoms with Crippen LogP contribution in [0.4, 0.5) is 14.6 Å². The zero-order chi connectivity index (χ0) is 16.4. The summed E-state index contributed by atoms with van der Waals surface area (Å²) in [5, 5.41) is 8.90. The van der Waals surface area contributed by atoms with Gasteiger partial charge in [0.2, 0.25) is 5.91 Å². The maximum Gasteiger partial charge on any atom is 0.251 e. The number of carbonyl (C=O) groups excluding carboxylic acids is 1. The Hall–Kier alpha value is -2.23. The average Bonchev–Trinajstić information content (AvgIpc) is 3.04. The first-order valence-electron chi connectivity index (χ1n) is 7.77. The zero-order valence-electron chi connectivity index (χ0n) is 12.7. The predicted molar refractivity (Wildman–Crippen MR) is 80.0 cm³/mol. The molecule has 1 unspecified atom stereocenters. The number of carbonyl (C=O) groups is 1. The van der Waals surface area contributed by atoms with Gasteiger partial charge in [-0.1, -0.05) is 6.07 Å². The maximum atomic E-state index is 13.2. The van der Waals surface area contributed by atoms with Crippen molar-refractivity contribution in [2.24, 2.45) is 5.92 Å². The molecule has 0 aliphatic carbocycles. The third-order valence-corrected chi connectivity index (χ3v) is 4.52. The highest BCUT2D eigenvalue weighted by molar-refractivity contribution is 5.80. The van der Waals surface area contributed by atoms with Gasteiger partial charge in [0.15, 0.2) is 0 Å². The molecule has 0 bridgehead atoms. The first-order chi connectivity index (χ1) is 11.0. The normalized spacial score (nSPS) is 23.6. The SMILES string of the molecule is N#Cc1cccc(N2CCC(C(=O)N3CCC(F)(F)CC3)C2)n1. The first-order valence-corrected chi connectivity index (χ1v) is 7.77. The minimum Gasteiger partial charge on any atom is -0.356 e. The molecule has 1 aromatic heterocycles. The van der Waals surface area contributed by atoms with Gasteiger partial charge in [-0.2, -0.15) is 5.26 Å². The Kier molecular flexibility index (Phi) is 4.16. The number of amides is 1. The van der Waals surface area contributed by atoms with Crippen LogP contribution in [0, 0.1) is 17.2 Å². The van der Waals surface area contributed by atoms with Gasteiger partial charge < -0.3 is 9.80 Å². The number of likely N-dealkylation sites (tertiary alicyclic amines) is 1. The van der Waals surface area contributed by atoms with E-state index in [-0.39, 0.29) is 37.8 Å². The lowest BCUT2D eigenvalue weighted by molar-refractivity contribution is -0.140. The summed E-state index contributed by atoms with van der Waals surface area (Å²) in [4.78, 5) is 20.3. The van der Waals surface area contributed by atoms with Crippen LogP contribution in [0.3, 0.4) is 0 Å². The van der Waals surface area contributed by atoms with E-state index in [1.165, 1.54) is 0 Å². The van der Waals surface area contributed by atoms with Crippen LogP contribution in [0.15, 0.2) is 18.2 Å². The lowest BCUT2D eigenvalue weighted by Gasteiger charge is -2.33. The number of rotatable bonds is 2. The van der Waals surface area contributed by atoms with Crippen molar-refractivity contribution in [3.8, 4) is 6.07 Å². The summed E-state index contributed by atoms with van der Waals surface area (Å²) < 4.78 is 26.4. The van der Waals surface area contributed by atoms with Gasteiger partial charge in [-0.3, -0.25) is 4.79 Å². The molecule has 1 amide bonds. The number of nitriles is 1. The third kappa shape index (κ3) is 3.41. The fourth-order valence-electron chi connectivity index (χ4n) is 3.14. The summed E-state index contributed by atoms with van der Waals surface area (Å²) >= 11 is 0. The summed E-state index contributed by atoms with van der Waals surface area (Å²) in [6, 6.07) is 7.22. The molecule has 0 saturated carbocycles. The Morgan fingerprint density at radius 3 is 2.74 bits per heavy atom. The molecule has 2 fully saturated rings. The zero-order valence-corrected chi connectivity index (χ0v) is 12.7. The molecule has 7 heteroatoms. The van der Waals surface area contributed by atoms with Crippen molar-refractivity contribution in [2.75, 3.05) is 31.1 Å². The van der Waals surface area contributed by atoms with Gasteiger partial charge in [0, 0.05) is 39.0 Å². The molecule has 3 rings (SSSR count). The molecule has 23 heavy (non-hydrogen) atoms. The highest BCUT2D eigenvalue weighted by Gasteiger charge is 2.38. The van der Waals surface area contributed by atoms with E-state index in [4.69, 9.17) is 5.26 Å². The summed E-state index contributed by atoms with van der Waals surface area (Å²) in [5.74, 6) is -2.18. The van der Waals surface area contributed by atoms with Gasteiger partial charge in [-0.25, -0.2) is 13.8 Å². The second kappa shape index (κ2) is 6.11. The Morgan fingerprint density at radius 1 is 1.30 bits per heavy atom. The molecule has 0 radical (unpaired) electrons. The van der Waals surface area contributed by atoms with E-state index in [1.54, 1.807) is 17.0 Å². The van der Waals surface area contributed by atoms with E-state index in [0.717, 1.165) is 0 Å². The van der Waals surface area contributed by atoms with Crippen molar-refractivity contribution >= 4 is 11.7 Å². The van der Waals surface area contributed by atoms with Crippen LogP contribution in [0.1, 0.15) is 25.0 Å². The highest BCUT2D eigenvalue weighted by Crippen LogP contribution is 2.30. The lowest BCUT2D eigenvalue weighted by atomic mass is 10.0. The van der Waals surface area contributed by atoms with Gasteiger partial charge in [0.1, 0.15) is 17.6 Å². The minimum absolute atomic E-state index is 0.0422. The van der Waals surface area contributed by atoms with Crippen molar-refractivity contribution < 1.29 is 13.6 Å². The Bertz CT molecular complexity index is 633. The van der Waals surface area contributed by atoms with Crippen LogP contribution in [-0.4, -0.2) is 47.9 Å². The number of hydrogen-bond acceptors (Lipinski definition) is 4. The molecule has 5 nitrogen and oxygen atoms in total. The molecule has 2 aliphatic heterocycles. The van der Waals surface area contributed by atoms with Crippen molar-refractivity contribution in [2.45, 2.75) is 25.2 Å². The molecule has 122 valence electrons. The summed E-state index contributed by atoms with van der Waals surface area (Å²) in [6.07, 6.45) is 0.187. The van der Waals surface area contributed by atoms with E-state index in [9.17, 15) is 13.6 Å². The largest absolute Gasteiger partial charge is 0.356 e. The van der Waals surface area contributed by atoms with E-state index in [2.05, 4.69) is 4.98 Å². The average molecular weight is 320 g/mol. The van der Waals surface area contributed by atoms with Crippen molar-refractivity contribution in [1.29, 1.82) is 5.26 Å². The molecule has 0 spiro atoms. The topological polar surface area (TPSA) is 60.2 Å². The van der Waals surface area contributed by atoms with Crippen molar-refractivity contribution in [1.82, 2.24) is 9.88 Å². The molecule has 3 heterocycles. The Labute approximate surface area is 133 Å². The lowest BCUT2D eigenvalue weighted by Crippen LogP contribution is -2.45. The van der Waals surface area contributed by atoms with Gasteiger partial charge >= 0.3 is 0 Å². The molecule has 1 aromatic rings. The molecule has 0 aromatic carbocycles. The number of aromatic nitrogens is 1. The number of alkyl halides is 2. The smallest absolute Gasteiger partial charge is 0.251 e. The fraction of sp³-hybridized carbons (Fsp3) is 0.562. The Morgan fingerprint density at radius 2 is 2.04 bits per heavy atom. The van der Waals surface area contributed by atoms with Crippen molar-refractivity contribution in [3.05, 3.63) is 23.9 Å². The second-order valence-corrected chi connectivity index (χ2v) is 6.11. The third-order valence-electron chi connectivity index (χ3n) is 4.52. The van der Waals surface area contributed by atoms with E-state index in [0.29, 0.717) is 31.0 Å². The van der Waals surface area contributed by atoms with Crippen LogP contribution >= 0.6 is 0 Å². The summed E-state index contributed by atoms with van der Waals surface area (Å²) in [7, 11) is 0. The number of halogens is 2. The van der Waals surface area contributed by atoms with E-state index >= 15 is 0 Å². The quantitative estimate of drug-likeness (QED) is 0.837. The summed E-state index contributed by atoms with van der Waals surface area (Å²) in [6.45, 7) is 1.46. The predicted octanol–water partition coefficient (Wildman–Crippen LogP) is 2.04. The van der Waals surface area contributed by atoms with E-state index < -0.39 is 5.92 Å². The van der Waals surface area contributed by atoms with Crippen molar-refractivity contribution in [3.63, 3.8) is 0 Å². The second-order valence-electron chi connectivity index (χ2n) is 6.11. The molecule has 0 N–H and O–H groups in total. The first kappa shape index (κ1) is 15.7. The molecule has 2 aliphatic rings. The molecule has 2 saturated heterocycles. The summed E-state index contributed by atoms with van der Waals surface area (Å²) in [5.41, 5.74) is 0.343. The number of hydrogen-bond donors (Lipinski definition) is 0. The Balaban J connectivity index is 1.61. The molecule has 1 atom stereocenters. The number of nitrogens with zero attached hydrogens (tertiary/aromatic N) is 4. The van der Waals surface area contributed by atoms with Gasteiger partial charge in [0.05, 0.1) is 5.92 Å². The number of anilines is 1. The maximum absolute atomic E-state index is 13.2. The number of pyridine rings is 1. The van der Waals surface area contributed by atoms with Crippen LogP contribution in [0.5, 0.6) is 0 Å². The van der Waals surface area contributed by atoms with Gasteiger partial charge in [-0.15, -0.1) is 0 Å². The monoisotopic (exact) mass is 320 g/mol. The minimum atomic E-state index is -2.64. The number of piperidine rings is 1. The van der Waals surface area contributed by atoms with Crippen LogP contribution in [0.2, 0.25) is 0 Å².